The van der Waals surface area contributed by atoms with Crippen LogP contribution in [0.1, 0.15) is 5.69 Å². The minimum Gasteiger partial charge on any atom is -0.423 e. The zero-order chi connectivity index (χ0) is 30.2. The molecule has 0 aliphatic carbocycles. The molecule has 1 aliphatic rings. The number of imidazole rings is 1. The topological polar surface area (TPSA) is 60.1 Å². The molecule has 216 valence electrons. The lowest BCUT2D eigenvalue weighted by Gasteiger charge is -2.30. The lowest BCUT2D eigenvalue weighted by molar-refractivity contribution is -0.675. The fourth-order valence-electron chi connectivity index (χ4n) is 6.36. The second-order valence-corrected chi connectivity index (χ2v) is 12.3. The minimum atomic E-state index is 0.0118. The van der Waals surface area contributed by atoms with Gasteiger partial charge >= 0.3 is 6.01 Å². The Labute approximate surface area is 262 Å². The number of benzene rings is 5. The Kier molecular flexibility index (Phi) is 5.58. The largest absolute Gasteiger partial charge is 0.423 e. The van der Waals surface area contributed by atoms with Gasteiger partial charge in [-0.1, -0.05) is 60.3 Å². The van der Waals surface area contributed by atoms with Crippen molar-refractivity contribution >= 4 is 62.1 Å². The van der Waals surface area contributed by atoms with Crippen LogP contribution < -0.4 is 14.9 Å². The third kappa shape index (κ3) is 3.96. The van der Waals surface area contributed by atoms with Crippen LogP contribution in [0.25, 0.3) is 44.3 Å². The number of hydrogen-bond donors (Lipinski definition) is 0. The first-order valence-electron chi connectivity index (χ1n) is 14.7. The Morgan fingerprint density at radius 3 is 2.40 bits per heavy atom. The molecule has 3 aromatic heterocycles. The zero-order valence-electron chi connectivity index (χ0n) is 24.4. The van der Waals surface area contributed by atoms with Crippen LogP contribution >= 0.6 is 11.8 Å². The van der Waals surface area contributed by atoms with Gasteiger partial charge in [0.1, 0.15) is 5.52 Å². The summed E-state index contributed by atoms with van der Waals surface area (Å²) >= 11 is 1.72. The highest BCUT2D eigenvalue weighted by atomic mass is 32.2. The van der Waals surface area contributed by atoms with E-state index in [-0.39, 0.29) is 5.43 Å². The zero-order valence-corrected chi connectivity index (χ0v) is 25.2. The van der Waals surface area contributed by atoms with E-state index in [1.807, 2.05) is 96.0 Å². The highest BCUT2D eigenvalue weighted by molar-refractivity contribution is 7.99. The van der Waals surface area contributed by atoms with E-state index in [1.54, 1.807) is 11.8 Å². The molecule has 0 unspecified atom stereocenters. The average Bonchev–Trinajstić information content (AvgIpc) is 3.65. The molecule has 7 nitrogen and oxygen atoms in total. The molecule has 45 heavy (non-hydrogen) atoms. The maximum absolute atomic E-state index is 13.8. The summed E-state index contributed by atoms with van der Waals surface area (Å²) in [6.45, 7) is 2.05. The summed E-state index contributed by atoms with van der Waals surface area (Å²) in [7, 11) is 1.96. The average molecular weight is 604 g/mol. The van der Waals surface area contributed by atoms with Gasteiger partial charge in [0, 0.05) is 38.1 Å². The van der Waals surface area contributed by atoms with Crippen LogP contribution in [0.15, 0.2) is 134 Å². The van der Waals surface area contributed by atoms with Crippen LogP contribution in [-0.2, 0) is 7.05 Å². The molecule has 0 saturated carbocycles. The molecule has 8 aromatic rings. The van der Waals surface area contributed by atoms with Crippen LogP contribution in [-0.4, -0.2) is 14.1 Å². The first-order valence-corrected chi connectivity index (χ1v) is 15.5. The third-order valence-electron chi connectivity index (χ3n) is 8.35. The van der Waals surface area contributed by atoms with Gasteiger partial charge in [-0.25, -0.2) is 0 Å². The first-order chi connectivity index (χ1) is 22.0. The van der Waals surface area contributed by atoms with E-state index >= 15 is 0 Å². The number of anilines is 3. The maximum Gasteiger partial charge on any atom is 0.307 e. The van der Waals surface area contributed by atoms with Crippen LogP contribution in [0.5, 0.6) is 0 Å². The number of rotatable bonds is 3. The molecule has 0 spiro atoms. The Hall–Kier alpha value is -5.60. The molecule has 5 aromatic carbocycles. The van der Waals surface area contributed by atoms with Crippen molar-refractivity contribution in [3.05, 3.63) is 138 Å². The summed E-state index contributed by atoms with van der Waals surface area (Å²) in [6.07, 6.45) is 5.37. The van der Waals surface area contributed by atoms with Gasteiger partial charge in [-0.15, -0.1) is 0 Å². The lowest BCUT2D eigenvalue weighted by atomic mass is 10.1. The molecular weight excluding hydrogens is 579 g/mol. The second kappa shape index (κ2) is 9.70. The van der Waals surface area contributed by atoms with Crippen molar-refractivity contribution in [1.82, 2.24) is 14.1 Å². The number of nitrogens with zero attached hydrogens (tertiary/aromatic N) is 5. The monoisotopic (exact) mass is 603 g/mol. The number of pyridine rings is 1. The summed E-state index contributed by atoms with van der Waals surface area (Å²) in [4.78, 5) is 23.0. The highest BCUT2D eigenvalue weighted by Crippen LogP contribution is 2.52. The molecule has 0 amide bonds. The van der Waals surface area contributed by atoms with Crippen LogP contribution in [0.4, 0.5) is 17.4 Å². The van der Waals surface area contributed by atoms with Crippen molar-refractivity contribution < 1.29 is 8.98 Å². The molecule has 0 bridgehead atoms. The van der Waals surface area contributed by atoms with Gasteiger partial charge in [0.15, 0.2) is 11.0 Å². The van der Waals surface area contributed by atoms with Gasteiger partial charge in [-0.05, 0) is 67.6 Å². The van der Waals surface area contributed by atoms with E-state index in [4.69, 9.17) is 9.40 Å². The number of oxazole rings is 1. The molecule has 8 heteroatoms. The molecule has 0 saturated heterocycles. The SMILES string of the molecule is Cc1c[n+](C)[c-]n1-c1ccc2c(=O)c3ccccc3n(-c3ccc4c(c3)N(c3nc5ccccc5o3)c3ccccc3S4)c2c1. The smallest absolute Gasteiger partial charge is 0.307 e. The predicted octanol–water partition coefficient (Wildman–Crippen LogP) is 7.94. The first kappa shape index (κ1) is 25.9. The normalized spacial score (nSPS) is 12.6. The third-order valence-corrected chi connectivity index (χ3v) is 9.48. The van der Waals surface area contributed by atoms with Gasteiger partial charge in [0.25, 0.3) is 0 Å². The van der Waals surface area contributed by atoms with Crippen molar-refractivity contribution in [1.29, 1.82) is 0 Å². The molecule has 1 aliphatic heterocycles. The van der Waals surface area contributed by atoms with Gasteiger partial charge in [0.05, 0.1) is 35.1 Å². The molecule has 4 heterocycles. The Balaban J connectivity index is 1.33. The number of aryl methyl sites for hydroxylation is 2. The van der Waals surface area contributed by atoms with Gasteiger partial charge in [-0.2, -0.15) is 4.98 Å². The van der Waals surface area contributed by atoms with Crippen LogP contribution in [0.2, 0.25) is 0 Å². The number of hydrogen-bond acceptors (Lipinski definition) is 5. The Morgan fingerprint density at radius 1 is 0.778 bits per heavy atom. The van der Waals surface area contributed by atoms with Crippen LogP contribution in [0.3, 0.4) is 0 Å². The Morgan fingerprint density at radius 2 is 1.53 bits per heavy atom. The highest BCUT2D eigenvalue weighted by Gasteiger charge is 2.29. The van der Waals surface area contributed by atoms with E-state index in [1.165, 1.54) is 0 Å². The van der Waals surface area contributed by atoms with E-state index in [0.717, 1.165) is 60.4 Å². The second-order valence-electron chi connectivity index (χ2n) is 11.2. The maximum atomic E-state index is 13.8. The Bertz CT molecular complexity index is 2510. The quantitative estimate of drug-likeness (QED) is 0.117. The molecule has 0 N–H and O–H groups in total. The van der Waals surface area contributed by atoms with Gasteiger partial charge in [-0.3, -0.25) is 9.69 Å². The number of aromatic nitrogens is 4. The molecular formula is C37H25N5O2S. The van der Waals surface area contributed by atoms with Crippen molar-refractivity contribution in [3.8, 4) is 11.4 Å². The van der Waals surface area contributed by atoms with E-state index in [2.05, 4.69) is 58.3 Å². The molecule has 0 fully saturated rings. The van der Waals surface area contributed by atoms with E-state index < -0.39 is 0 Å². The fraction of sp³-hybridized carbons (Fsp3) is 0.0541. The van der Waals surface area contributed by atoms with Crippen molar-refractivity contribution in [2.75, 3.05) is 4.90 Å². The summed E-state index contributed by atoms with van der Waals surface area (Å²) in [5.41, 5.74) is 8.06. The van der Waals surface area contributed by atoms with Crippen LogP contribution in [0, 0.1) is 13.3 Å². The van der Waals surface area contributed by atoms with Crippen molar-refractivity contribution in [2.24, 2.45) is 7.05 Å². The summed E-state index contributed by atoms with van der Waals surface area (Å²) < 4.78 is 12.5. The number of fused-ring (bicyclic) bond motifs is 5. The molecule has 0 atom stereocenters. The van der Waals surface area contributed by atoms with Crippen molar-refractivity contribution in [2.45, 2.75) is 16.7 Å². The lowest BCUT2D eigenvalue weighted by Crippen LogP contribution is -2.24. The van der Waals surface area contributed by atoms with Gasteiger partial charge in [0.2, 0.25) is 6.33 Å². The fourth-order valence-corrected chi connectivity index (χ4v) is 7.40. The summed E-state index contributed by atoms with van der Waals surface area (Å²) in [6, 6.07) is 36.9. The standard InChI is InChI=1S/C37H25N5O2S/c1-23-21-39(2)22-40(23)24-15-17-27-31(19-24)41(29-11-5-3-9-26(29)36(27)43)25-16-18-35-32(20-25)42(30-12-6-8-14-34(30)45-35)37-38-28-10-4-7-13-33(28)44-37/h3-21H,1-2H3. The molecule has 0 radical (unpaired) electrons. The van der Waals surface area contributed by atoms with E-state index in [0.29, 0.717) is 16.8 Å². The molecule has 9 rings (SSSR count). The van der Waals surface area contributed by atoms with Gasteiger partial charge < -0.3 is 18.1 Å². The predicted molar refractivity (Wildman–Crippen MR) is 177 cm³/mol. The summed E-state index contributed by atoms with van der Waals surface area (Å²) in [5, 5.41) is 1.32. The summed E-state index contributed by atoms with van der Waals surface area (Å²) in [5.74, 6) is 0. The number of para-hydroxylation sites is 4. The van der Waals surface area contributed by atoms with Crippen molar-refractivity contribution in [3.63, 3.8) is 0 Å². The van der Waals surface area contributed by atoms with E-state index in [9.17, 15) is 4.79 Å². The minimum absolute atomic E-state index is 0.0118.